The number of hydrogen-bond donors (Lipinski definition) is 0. The number of benzene rings is 11. The maximum atomic E-state index is 3.83. The minimum Gasteiger partial charge on any atom is -0.336 e. The first kappa shape index (κ1) is 39.1. The van der Waals surface area contributed by atoms with E-state index in [1.54, 1.807) is 0 Å². The summed E-state index contributed by atoms with van der Waals surface area (Å²) in [6.45, 7) is 4.66. The summed E-state index contributed by atoms with van der Waals surface area (Å²) in [5, 5.41) is 10.0. The molecule has 0 aliphatic carbocycles. The van der Waals surface area contributed by atoms with Gasteiger partial charge in [-0.2, -0.15) is 0 Å². The molecule has 310 valence electrons. The third-order valence-electron chi connectivity index (χ3n) is 13.5. The van der Waals surface area contributed by atoms with E-state index in [1.807, 2.05) is 12.2 Å². The molecular weight excluding hydrogens is 795 g/mol. The van der Waals surface area contributed by atoms with Gasteiger partial charge in [0.2, 0.25) is 0 Å². The quantitative estimate of drug-likeness (QED) is 0.109. The third-order valence-corrected chi connectivity index (χ3v) is 13.5. The van der Waals surface area contributed by atoms with E-state index in [-0.39, 0.29) is 0 Å². The Labute approximate surface area is 386 Å². The summed E-state index contributed by atoms with van der Waals surface area (Å²) in [7, 11) is 0. The summed E-state index contributed by atoms with van der Waals surface area (Å²) in [4.78, 5) is 2.41. The molecule has 0 saturated carbocycles. The highest BCUT2D eigenvalue weighted by atomic mass is 15.2. The molecule has 0 amide bonds. The van der Waals surface area contributed by atoms with Gasteiger partial charge in [-0.15, -0.1) is 0 Å². The lowest BCUT2D eigenvalue weighted by Gasteiger charge is -2.20. The molecule has 12 rings (SSSR count). The maximum absolute atomic E-state index is 3.83. The van der Waals surface area contributed by atoms with Gasteiger partial charge < -0.3 is 4.90 Å². The van der Waals surface area contributed by atoms with E-state index < -0.39 is 0 Å². The zero-order valence-corrected chi connectivity index (χ0v) is 36.5. The van der Waals surface area contributed by atoms with Gasteiger partial charge in [-0.3, -0.25) is 0 Å². The Balaban J connectivity index is 0.916. The van der Waals surface area contributed by atoms with Gasteiger partial charge in [0.25, 0.3) is 0 Å². The first-order valence-corrected chi connectivity index (χ1v) is 22.8. The van der Waals surface area contributed by atoms with Gasteiger partial charge in [-0.1, -0.05) is 213 Å². The summed E-state index contributed by atoms with van der Waals surface area (Å²) in [6.07, 6.45) is 8.07. The number of rotatable bonds is 8. The normalized spacial score (nSPS) is 13.1. The van der Waals surface area contributed by atoms with Gasteiger partial charge in [-0.25, -0.2) is 0 Å². The molecule has 0 radical (unpaired) electrons. The highest BCUT2D eigenvalue weighted by Crippen LogP contribution is 2.44. The molecular formula is C65H45N. The number of nitrogens with zero attached hydrogens (tertiary/aromatic N) is 1. The topological polar surface area (TPSA) is 3.24 Å². The maximum Gasteiger partial charge on any atom is 0.0490 e. The smallest absolute Gasteiger partial charge is 0.0490 e. The van der Waals surface area contributed by atoms with E-state index in [2.05, 4.69) is 248 Å². The fraction of sp³-hybridized carbons (Fsp3) is 0.0154. The van der Waals surface area contributed by atoms with Crippen LogP contribution in [0, 0.1) is 0 Å². The largest absolute Gasteiger partial charge is 0.336 e. The van der Waals surface area contributed by atoms with Gasteiger partial charge in [0.15, 0.2) is 0 Å². The lowest BCUT2D eigenvalue weighted by Crippen LogP contribution is -2.12. The van der Waals surface area contributed by atoms with Crippen LogP contribution in [-0.4, -0.2) is 6.54 Å². The summed E-state index contributed by atoms with van der Waals surface area (Å²) in [5.41, 5.74) is 17.1. The van der Waals surface area contributed by atoms with Crippen LogP contribution in [-0.2, 0) is 0 Å². The standard InChI is InChI=1S/C65H45N/c1-2-3-4-18-49-43-66(65-28-14-13-22-59(49)65)53-35-33-47(34-36-53)58-38-37-57(61-24-9-10-25-62(58)61)46-31-29-44(30-32-46)50-39-51(56-27-15-19-45-16-5-7-20-54(45)56)41-52(40-50)64-42-48-17-6-8-21-55(48)60-23-11-12-26-63(60)64/h2-42H,1,43H2/b4-3-,49-18+. The van der Waals surface area contributed by atoms with Crippen LogP contribution in [0.1, 0.15) is 5.56 Å². The minimum absolute atomic E-state index is 0.828. The van der Waals surface area contributed by atoms with Crippen molar-refractivity contribution in [2.45, 2.75) is 0 Å². The van der Waals surface area contributed by atoms with Gasteiger partial charge in [-0.05, 0) is 147 Å². The van der Waals surface area contributed by atoms with Crippen molar-refractivity contribution in [2.75, 3.05) is 11.4 Å². The van der Waals surface area contributed by atoms with Crippen LogP contribution in [0.4, 0.5) is 11.4 Å². The first-order chi connectivity index (χ1) is 32.7. The number of allylic oxidation sites excluding steroid dienone is 4. The van der Waals surface area contributed by atoms with E-state index in [0.717, 1.165) is 6.54 Å². The molecule has 0 N–H and O–H groups in total. The molecule has 11 aromatic carbocycles. The van der Waals surface area contributed by atoms with Gasteiger partial charge in [0.1, 0.15) is 0 Å². The fourth-order valence-electron chi connectivity index (χ4n) is 10.3. The van der Waals surface area contributed by atoms with E-state index in [4.69, 9.17) is 0 Å². The van der Waals surface area contributed by atoms with Crippen molar-refractivity contribution < 1.29 is 0 Å². The monoisotopic (exact) mass is 839 g/mol. The average Bonchev–Trinajstić information content (AvgIpc) is 3.76. The number of para-hydroxylation sites is 1. The van der Waals surface area contributed by atoms with Crippen LogP contribution in [0.2, 0.25) is 0 Å². The zero-order chi connectivity index (χ0) is 44.0. The van der Waals surface area contributed by atoms with Crippen molar-refractivity contribution in [3.63, 3.8) is 0 Å². The highest BCUT2D eigenvalue weighted by molar-refractivity contribution is 6.14. The molecule has 1 heteroatoms. The summed E-state index contributed by atoms with van der Waals surface area (Å²) >= 11 is 0. The molecule has 0 spiro atoms. The minimum atomic E-state index is 0.828. The molecule has 0 fully saturated rings. The van der Waals surface area contributed by atoms with E-state index in [9.17, 15) is 0 Å². The Kier molecular flexibility index (Phi) is 9.81. The van der Waals surface area contributed by atoms with Crippen LogP contribution in [0.25, 0.3) is 104 Å². The average molecular weight is 840 g/mol. The van der Waals surface area contributed by atoms with Gasteiger partial charge in [0.05, 0.1) is 0 Å². The van der Waals surface area contributed by atoms with Crippen LogP contribution < -0.4 is 4.90 Å². The third kappa shape index (κ3) is 6.90. The SMILES string of the molecule is C=C/C=C\C=C1/CN(c2ccc(-c3ccc(-c4ccc(-c5cc(-c6cccc7ccccc67)cc(-c6cc7ccccc7c7ccccc67)c5)cc4)c4ccccc34)cc2)c2ccccc21. The predicted molar refractivity (Wildman–Crippen MR) is 284 cm³/mol. The number of fused-ring (bicyclic) bond motifs is 6. The Morgan fingerprint density at radius 1 is 0.333 bits per heavy atom. The van der Waals surface area contributed by atoms with Crippen LogP contribution in [0.5, 0.6) is 0 Å². The molecule has 1 heterocycles. The highest BCUT2D eigenvalue weighted by Gasteiger charge is 2.24. The van der Waals surface area contributed by atoms with Crippen molar-refractivity contribution in [3.05, 3.63) is 261 Å². The molecule has 11 aromatic rings. The van der Waals surface area contributed by atoms with Crippen LogP contribution in [0.15, 0.2) is 255 Å². The summed E-state index contributed by atoms with van der Waals surface area (Å²) in [5.74, 6) is 0. The molecule has 1 aliphatic rings. The molecule has 0 atom stereocenters. The molecule has 66 heavy (non-hydrogen) atoms. The number of hydrogen-bond acceptors (Lipinski definition) is 1. The zero-order valence-electron chi connectivity index (χ0n) is 36.5. The van der Waals surface area contributed by atoms with E-state index >= 15 is 0 Å². The molecule has 0 bridgehead atoms. The Bertz CT molecular complexity index is 3730. The van der Waals surface area contributed by atoms with E-state index in [0.29, 0.717) is 0 Å². The predicted octanol–water partition coefficient (Wildman–Crippen LogP) is 17.9. The second kappa shape index (κ2) is 16.6. The Morgan fingerprint density at radius 3 is 1.55 bits per heavy atom. The summed E-state index contributed by atoms with van der Waals surface area (Å²) < 4.78 is 0. The van der Waals surface area contributed by atoms with Crippen molar-refractivity contribution in [3.8, 4) is 55.6 Å². The van der Waals surface area contributed by atoms with Gasteiger partial charge >= 0.3 is 0 Å². The Hall–Kier alpha value is -8.52. The second-order valence-corrected chi connectivity index (χ2v) is 17.3. The molecule has 1 aliphatic heterocycles. The van der Waals surface area contributed by atoms with Crippen molar-refractivity contribution in [2.24, 2.45) is 0 Å². The van der Waals surface area contributed by atoms with Crippen LogP contribution in [0.3, 0.4) is 0 Å². The molecule has 0 saturated heterocycles. The molecule has 1 nitrogen and oxygen atoms in total. The lowest BCUT2D eigenvalue weighted by molar-refractivity contribution is 1.16. The second-order valence-electron chi connectivity index (χ2n) is 17.3. The van der Waals surface area contributed by atoms with Gasteiger partial charge in [0, 0.05) is 23.5 Å². The fourth-order valence-corrected chi connectivity index (χ4v) is 10.3. The molecule has 0 aromatic heterocycles. The van der Waals surface area contributed by atoms with Crippen molar-refractivity contribution in [1.29, 1.82) is 0 Å². The van der Waals surface area contributed by atoms with Crippen LogP contribution >= 0.6 is 0 Å². The first-order valence-electron chi connectivity index (χ1n) is 22.8. The summed E-state index contributed by atoms with van der Waals surface area (Å²) in [6, 6.07) is 82.9. The van der Waals surface area contributed by atoms with Crippen molar-refractivity contribution in [1.82, 2.24) is 0 Å². The Morgan fingerprint density at radius 2 is 0.833 bits per heavy atom. The van der Waals surface area contributed by atoms with E-state index in [1.165, 1.54) is 121 Å². The molecule has 0 unspecified atom stereocenters. The van der Waals surface area contributed by atoms with Crippen molar-refractivity contribution >= 4 is 60.0 Å². The lowest BCUT2D eigenvalue weighted by atomic mass is 9.88. The number of anilines is 2.